The lowest BCUT2D eigenvalue weighted by Crippen LogP contribution is -2.42. The maximum atomic E-state index is 8.81. The summed E-state index contributed by atoms with van der Waals surface area (Å²) in [5.74, 6) is 0. The Kier molecular flexibility index (Phi) is 3.05. The molecule has 2 bridgehead atoms. The molecule has 0 aromatic heterocycles. The molecule has 0 radical (unpaired) electrons. The summed E-state index contributed by atoms with van der Waals surface area (Å²) in [5.41, 5.74) is 0. The Bertz CT molecular complexity index is 224. The first-order chi connectivity index (χ1) is 6.81. The van der Waals surface area contributed by atoms with E-state index in [1.54, 1.807) is 0 Å². The molecule has 2 rings (SSSR count). The van der Waals surface area contributed by atoms with Gasteiger partial charge in [-0.05, 0) is 32.1 Å². The number of fused-ring (bicyclic) bond motifs is 2. The monoisotopic (exact) mass is 194 g/mol. The first-order valence-corrected chi connectivity index (χ1v) is 5.63. The van der Waals surface area contributed by atoms with Crippen LogP contribution in [0.5, 0.6) is 0 Å². The first kappa shape index (κ1) is 9.95. The minimum atomic E-state index is -0.197. The third-order valence-corrected chi connectivity index (χ3v) is 3.30. The van der Waals surface area contributed by atoms with E-state index in [2.05, 4.69) is 11.4 Å². The molecule has 3 heteroatoms. The van der Waals surface area contributed by atoms with Crippen LogP contribution < -0.4 is 5.32 Å². The van der Waals surface area contributed by atoms with Crippen LogP contribution in [0.25, 0.3) is 0 Å². The SMILES string of the molecule is CCC(C#N)OC1CC2CCC(C1)N2. The predicted molar refractivity (Wildman–Crippen MR) is 53.7 cm³/mol. The van der Waals surface area contributed by atoms with Gasteiger partial charge in [0.25, 0.3) is 0 Å². The first-order valence-electron chi connectivity index (χ1n) is 5.63. The largest absolute Gasteiger partial charge is 0.360 e. The summed E-state index contributed by atoms with van der Waals surface area (Å²) in [6, 6.07) is 3.50. The van der Waals surface area contributed by atoms with Crippen molar-refractivity contribution in [1.82, 2.24) is 5.32 Å². The molecule has 2 aliphatic rings. The minimum Gasteiger partial charge on any atom is -0.360 e. The molecule has 3 nitrogen and oxygen atoms in total. The Labute approximate surface area is 85.4 Å². The highest BCUT2D eigenvalue weighted by Gasteiger charge is 2.34. The van der Waals surface area contributed by atoms with Crippen LogP contribution in [0.2, 0.25) is 0 Å². The number of piperidine rings is 1. The van der Waals surface area contributed by atoms with E-state index in [1.165, 1.54) is 12.8 Å². The average Bonchev–Trinajstić information content (AvgIpc) is 2.55. The number of nitriles is 1. The maximum absolute atomic E-state index is 8.81. The summed E-state index contributed by atoms with van der Waals surface area (Å²) in [6.07, 6.45) is 5.68. The second-order valence-electron chi connectivity index (χ2n) is 4.39. The fourth-order valence-electron chi connectivity index (χ4n) is 2.57. The quantitative estimate of drug-likeness (QED) is 0.742. The van der Waals surface area contributed by atoms with Crippen LogP contribution in [0.3, 0.4) is 0 Å². The van der Waals surface area contributed by atoms with Crippen molar-refractivity contribution in [3.8, 4) is 6.07 Å². The molecule has 0 aliphatic carbocycles. The molecular formula is C11H18N2O. The molecule has 0 spiro atoms. The topological polar surface area (TPSA) is 45.0 Å². The molecule has 1 N–H and O–H groups in total. The lowest BCUT2D eigenvalue weighted by molar-refractivity contribution is -0.0113. The minimum absolute atomic E-state index is 0.197. The second-order valence-corrected chi connectivity index (χ2v) is 4.39. The number of rotatable bonds is 3. The predicted octanol–water partition coefficient (Wildman–Crippen LogP) is 1.59. The second kappa shape index (κ2) is 4.29. The van der Waals surface area contributed by atoms with Crippen LogP contribution in [0.1, 0.15) is 39.0 Å². The van der Waals surface area contributed by atoms with Crippen LogP contribution in [0, 0.1) is 11.3 Å². The van der Waals surface area contributed by atoms with Gasteiger partial charge in [-0.25, -0.2) is 0 Å². The van der Waals surface area contributed by atoms with Gasteiger partial charge in [0.2, 0.25) is 0 Å². The van der Waals surface area contributed by atoms with Gasteiger partial charge in [-0.1, -0.05) is 6.92 Å². The molecule has 78 valence electrons. The zero-order valence-corrected chi connectivity index (χ0v) is 8.70. The van der Waals surface area contributed by atoms with E-state index in [4.69, 9.17) is 10.00 Å². The molecule has 2 aliphatic heterocycles. The number of hydrogen-bond donors (Lipinski definition) is 1. The highest BCUT2D eigenvalue weighted by atomic mass is 16.5. The van der Waals surface area contributed by atoms with Crippen molar-refractivity contribution >= 4 is 0 Å². The molecule has 3 unspecified atom stereocenters. The van der Waals surface area contributed by atoms with Gasteiger partial charge in [0.05, 0.1) is 12.2 Å². The summed E-state index contributed by atoms with van der Waals surface area (Å²) in [4.78, 5) is 0. The summed E-state index contributed by atoms with van der Waals surface area (Å²) in [7, 11) is 0. The molecule has 0 amide bonds. The number of ether oxygens (including phenoxy) is 1. The van der Waals surface area contributed by atoms with E-state index in [9.17, 15) is 0 Å². The summed E-state index contributed by atoms with van der Waals surface area (Å²) < 4.78 is 5.77. The fraction of sp³-hybridized carbons (Fsp3) is 0.909. The Morgan fingerprint density at radius 2 is 2.07 bits per heavy atom. The summed E-state index contributed by atoms with van der Waals surface area (Å²) in [5, 5.41) is 12.4. The van der Waals surface area contributed by atoms with Crippen molar-refractivity contribution in [2.45, 2.75) is 63.3 Å². The van der Waals surface area contributed by atoms with Crippen molar-refractivity contribution in [3.05, 3.63) is 0 Å². The third kappa shape index (κ3) is 2.08. The van der Waals surface area contributed by atoms with Crippen molar-refractivity contribution in [1.29, 1.82) is 5.26 Å². The zero-order chi connectivity index (χ0) is 9.97. The van der Waals surface area contributed by atoms with E-state index < -0.39 is 0 Å². The van der Waals surface area contributed by atoms with E-state index in [0.717, 1.165) is 19.3 Å². The van der Waals surface area contributed by atoms with Gasteiger partial charge < -0.3 is 10.1 Å². The Morgan fingerprint density at radius 3 is 2.57 bits per heavy atom. The van der Waals surface area contributed by atoms with Gasteiger partial charge in [0.15, 0.2) is 0 Å². The van der Waals surface area contributed by atoms with Gasteiger partial charge >= 0.3 is 0 Å². The molecule has 2 heterocycles. The number of hydrogen-bond acceptors (Lipinski definition) is 3. The Hall–Kier alpha value is -0.590. The van der Waals surface area contributed by atoms with Crippen molar-refractivity contribution < 1.29 is 4.74 Å². The molecule has 0 aromatic rings. The molecular weight excluding hydrogens is 176 g/mol. The highest BCUT2D eigenvalue weighted by Crippen LogP contribution is 2.29. The molecule has 0 saturated carbocycles. The molecule has 14 heavy (non-hydrogen) atoms. The van der Waals surface area contributed by atoms with Crippen molar-refractivity contribution in [2.75, 3.05) is 0 Å². The van der Waals surface area contributed by atoms with Crippen molar-refractivity contribution in [3.63, 3.8) is 0 Å². The normalized spacial score (nSPS) is 37.9. The highest BCUT2D eigenvalue weighted by molar-refractivity contribution is 4.94. The fourth-order valence-corrected chi connectivity index (χ4v) is 2.57. The standard InChI is InChI=1S/C11H18N2O/c1-2-10(7-12)14-11-5-8-3-4-9(6-11)13-8/h8-11,13H,2-6H2,1H3. The lowest BCUT2D eigenvalue weighted by Gasteiger charge is -2.30. The van der Waals surface area contributed by atoms with Gasteiger partial charge in [0.1, 0.15) is 6.10 Å². The van der Waals surface area contributed by atoms with Crippen LogP contribution >= 0.6 is 0 Å². The van der Waals surface area contributed by atoms with Gasteiger partial charge in [-0.2, -0.15) is 5.26 Å². The van der Waals surface area contributed by atoms with Crippen LogP contribution in [0.4, 0.5) is 0 Å². The average molecular weight is 194 g/mol. The van der Waals surface area contributed by atoms with E-state index in [-0.39, 0.29) is 6.10 Å². The van der Waals surface area contributed by atoms with Gasteiger partial charge in [0, 0.05) is 12.1 Å². The van der Waals surface area contributed by atoms with Gasteiger partial charge in [-0.15, -0.1) is 0 Å². The smallest absolute Gasteiger partial charge is 0.144 e. The molecule has 3 atom stereocenters. The number of nitrogens with zero attached hydrogens (tertiary/aromatic N) is 1. The summed E-state index contributed by atoms with van der Waals surface area (Å²) >= 11 is 0. The van der Waals surface area contributed by atoms with E-state index >= 15 is 0 Å². The Morgan fingerprint density at radius 1 is 1.43 bits per heavy atom. The number of nitrogens with one attached hydrogen (secondary N) is 1. The van der Waals surface area contributed by atoms with Crippen molar-refractivity contribution in [2.24, 2.45) is 0 Å². The molecule has 2 saturated heterocycles. The zero-order valence-electron chi connectivity index (χ0n) is 8.70. The molecule has 0 aromatic carbocycles. The third-order valence-electron chi connectivity index (χ3n) is 3.30. The van der Waals surface area contributed by atoms with E-state index in [0.29, 0.717) is 18.2 Å². The molecule has 2 fully saturated rings. The summed E-state index contributed by atoms with van der Waals surface area (Å²) in [6.45, 7) is 2.00. The van der Waals surface area contributed by atoms with E-state index in [1.807, 2.05) is 6.92 Å². The van der Waals surface area contributed by atoms with Crippen LogP contribution in [-0.2, 0) is 4.74 Å². The van der Waals surface area contributed by atoms with Crippen LogP contribution in [-0.4, -0.2) is 24.3 Å². The Balaban J connectivity index is 1.85. The lowest BCUT2D eigenvalue weighted by atomic mass is 10.0. The van der Waals surface area contributed by atoms with Gasteiger partial charge in [-0.3, -0.25) is 0 Å². The maximum Gasteiger partial charge on any atom is 0.144 e. The van der Waals surface area contributed by atoms with Crippen LogP contribution in [0.15, 0.2) is 0 Å².